The molecule has 6 heteroatoms. The number of nitrogens with zero attached hydrogens (tertiary/aromatic N) is 1. The molecule has 0 N–H and O–H groups in total. The van der Waals surface area contributed by atoms with Crippen LogP contribution in [0.25, 0.3) is 6.08 Å². The standard InChI is InChI=1S/C18H12FNO4/c1-11(21)23-15-8-2-12(3-9-15)10-16-18(22)24-17(20-16)13-4-6-14(19)7-5-13/h2-10H,1H3/b16-10+. The van der Waals surface area contributed by atoms with Crippen molar-refractivity contribution in [1.82, 2.24) is 0 Å². The van der Waals surface area contributed by atoms with E-state index in [0.29, 0.717) is 16.9 Å². The average Bonchev–Trinajstić information content (AvgIpc) is 2.90. The Bertz CT molecular complexity index is 852. The van der Waals surface area contributed by atoms with Gasteiger partial charge in [-0.25, -0.2) is 14.2 Å². The monoisotopic (exact) mass is 325 g/mol. The number of halogens is 1. The molecule has 1 aliphatic rings. The third kappa shape index (κ3) is 3.55. The zero-order valence-corrected chi connectivity index (χ0v) is 12.7. The minimum absolute atomic E-state index is 0.128. The summed E-state index contributed by atoms with van der Waals surface area (Å²) in [7, 11) is 0. The van der Waals surface area contributed by atoms with Gasteiger partial charge in [-0.15, -0.1) is 0 Å². The highest BCUT2D eigenvalue weighted by molar-refractivity contribution is 6.12. The van der Waals surface area contributed by atoms with E-state index in [2.05, 4.69) is 4.99 Å². The van der Waals surface area contributed by atoms with E-state index < -0.39 is 11.9 Å². The molecule has 2 aromatic rings. The van der Waals surface area contributed by atoms with Gasteiger partial charge in [0.15, 0.2) is 5.70 Å². The maximum atomic E-state index is 12.9. The summed E-state index contributed by atoms with van der Waals surface area (Å²) in [4.78, 5) is 26.9. The highest BCUT2D eigenvalue weighted by atomic mass is 19.1. The molecule has 3 rings (SSSR count). The second kappa shape index (κ2) is 6.45. The van der Waals surface area contributed by atoms with Crippen molar-refractivity contribution < 1.29 is 23.5 Å². The molecule has 0 spiro atoms. The number of cyclic esters (lactones) is 1. The molecule has 0 radical (unpaired) electrons. The van der Waals surface area contributed by atoms with Crippen LogP contribution in [0.2, 0.25) is 0 Å². The number of aliphatic imine (C=N–C) groups is 1. The summed E-state index contributed by atoms with van der Waals surface area (Å²) in [5.74, 6) is -0.836. The first kappa shape index (κ1) is 15.6. The molecule has 0 aromatic heterocycles. The van der Waals surface area contributed by atoms with Crippen molar-refractivity contribution in [2.24, 2.45) is 4.99 Å². The molecule has 120 valence electrons. The van der Waals surface area contributed by atoms with Crippen molar-refractivity contribution in [1.29, 1.82) is 0 Å². The number of hydrogen-bond acceptors (Lipinski definition) is 5. The second-order valence-electron chi connectivity index (χ2n) is 5.01. The summed E-state index contributed by atoms with van der Waals surface area (Å²) < 4.78 is 23.0. The lowest BCUT2D eigenvalue weighted by Crippen LogP contribution is -2.05. The van der Waals surface area contributed by atoms with Crippen LogP contribution in [0.1, 0.15) is 18.1 Å². The van der Waals surface area contributed by atoms with Crippen molar-refractivity contribution in [3.63, 3.8) is 0 Å². The fourth-order valence-electron chi connectivity index (χ4n) is 2.08. The molecular formula is C18H12FNO4. The number of carbonyl (C=O) groups excluding carboxylic acids is 2. The summed E-state index contributed by atoms with van der Waals surface area (Å²) >= 11 is 0. The van der Waals surface area contributed by atoms with Crippen molar-refractivity contribution >= 4 is 23.9 Å². The summed E-state index contributed by atoms with van der Waals surface area (Å²) in [6, 6.07) is 12.1. The van der Waals surface area contributed by atoms with E-state index in [9.17, 15) is 14.0 Å². The molecule has 0 unspecified atom stereocenters. The highest BCUT2D eigenvalue weighted by Gasteiger charge is 2.24. The van der Waals surface area contributed by atoms with Crippen LogP contribution in [0.4, 0.5) is 4.39 Å². The predicted octanol–water partition coefficient (Wildman–Crippen LogP) is 3.10. The third-order valence-electron chi connectivity index (χ3n) is 3.16. The van der Waals surface area contributed by atoms with Gasteiger partial charge in [-0.3, -0.25) is 4.79 Å². The summed E-state index contributed by atoms with van der Waals surface area (Å²) in [5.41, 5.74) is 1.34. The Labute approximate surface area is 137 Å². The Morgan fingerprint density at radius 3 is 2.42 bits per heavy atom. The highest BCUT2D eigenvalue weighted by Crippen LogP contribution is 2.20. The lowest BCUT2D eigenvalue weighted by molar-refractivity contribution is -0.132. The zero-order valence-electron chi connectivity index (χ0n) is 12.7. The van der Waals surface area contributed by atoms with Crippen molar-refractivity contribution in [2.75, 3.05) is 0 Å². The van der Waals surface area contributed by atoms with E-state index in [1.807, 2.05) is 0 Å². The molecule has 0 atom stereocenters. The van der Waals surface area contributed by atoms with Gasteiger partial charge >= 0.3 is 11.9 Å². The number of rotatable bonds is 3. The molecule has 1 aliphatic heterocycles. The first-order valence-corrected chi connectivity index (χ1v) is 7.08. The Morgan fingerprint density at radius 1 is 1.12 bits per heavy atom. The summed E-state index contributed by atoms with van der Waals surface area (Å²) in [6.45, 7) is 1.32. The quantitative estimate of drug-likeness (QED) is 0.494. The first-order valence-electron chi connectivity index (χ1n) is 7.08. The average molecular weight is 325 g/mol. The van der Waals surface area contributed by atoms with E-state index in [1.54, 1.807) is 30.3 Å². The van der Waals surface area contributed by atoms with Crippen LogP contribution in [0.3, 0.4) is 0 Å². The molecule has 1 heterocycles. The number of hydrogen-bond donors (Lipinski definition) is 0. The van der Waals surface area contributed by atoms with Gasteiger partial charge in [0.05, 0.1) is 0 Å². The number of carbonyl (C=O) groups is 2. The molecule has 0 aliphatic carbocycles. The van der Waals surface area contributed by atoms with Gasteiger partial charge in [-0.05, 0) is 48.0 Å². The molecule has 24 heavy (non-hydrogen) atoms. The first-order chi connectivity index (χ1) is 11.5. The fourth-order valence-corrected chi connectivity index (χ4v) is 2.08. The molecular weight excluding hydrogens is 313 g/mol. The maximum absolute atomic E-state index is 12.9. The Balaban J connectivity index is 1.83. The van der Waals surface area contributed by atoms with E-state index in [-0.39, 0.29) is 17.4 Å². The van der Waals surface area contributed by atoms with Gasteiger partial charge in [0, 0.05) is 12.5 Å². The van der Waals surface area contributed by atoms with Gasteiger partial charge in [-0.2, -0.15) is 0 Å². The topological polar surface area (TPSA) is 65.0 Å². The lowest BCUT2D eigenvalue weighted by Gasteiger charge is -2.00. The second-order valence-corrected chi connectivity index (χ2v) is 5.01. The number of benzene rings is 2. The number of ether oxygens (including phenoxy) is 2. The third-order valence-corrected chi connectivity index (χ3v) is 3.16. The summed E-state index contributed by atoms with van der Waals surface area (Å²) in [6.07, 6.45) is 1.55. The largest absolute Gasteiger partial charge is 0.427 e. The van der Waals surface area contributed by atoms with Gasteiger partial charge in [-0.1, -0.05) is 12.1 Å². The van der Waals surface area contributed by atoms with Crippen molar-refractivity contribution in [2.45, 2.75) is 6.92 Å². The molecule has 5 nitrogen and oxygen atoms in total. The molecule has 0 saturated carbocycles. The van der Waals surface area contributed by atoms with Gasteiger partial charge in [0.2, 0.25) is 5.90 Å². The van der Waals surface area contributed by atoms with E-state index >= 15 is 0 Å². The van der Waals surface area contributed by atoms with Crippen LogP contribution < -0.4 is 4.74 Å². The Hall–Kier alpha value is -3.28. The lowest BCUT2D eigenvalue weighted by atomic mass is 10.2. The molecule has 0 bridgehead atoms. The maximum Gasteiger partial charge on any atom is 0.363 e. The smallest absolute Gasteiger partial charge is 0.363 e. The minimum Gasteiger partial charge on any atom is -0.427 e. The van der Waals surface area contributed by atoms with Gasteiger partial charge in [0.25, 0.3) is 0 Å². The van der Waals surface area contributed by atoms with E-state index in [4.69, 9.17) is 9.47 Å². The molecule has 2 aromatic carbocycles. The molecule has 0 fully saturated rings. The molecule has 0 amide bonds. The number of esters is 2. The Kier molecular flexibility index (Phi) is 4.20. The van der Waals surface area contributed by atoms with Crippen LogP contribution in [0.5, 0.6) is 5.75 Å². The van der Waals surface area contributed by atoms with Gasteiger partial charge < -0.3 is 9.47 Å². The fraction of sp³-hybridized carbons (Fsp3) is 0.0556. The SMILES string of the molecule is CC(=O)Oc1ccc(/C=C2/N=C(c3ccc(F)cc3)OC2=O)cc1. The van der Waals surface area contributed by atoms with Crippen LogP contribution in [0.15, 0.2) is 59.2 Å². The van der Waals surface area contributed by atoms with E-state index in [0.717, 1.165) is 0 Å². The molecule has 0 saturated heterocycles. The minimum atomic E-state index is -0.585. The zero-order chi connectivity index (χ0) is 17.1. The van der Waals surface area contributed by atoms with Crippen LogP contribution in [-0.2, 0) is 14.3 Å². The van der Waals surface area contributed by atoms with Crippen LogP contribution in [-0.4, -0.2) is 17.8 Å². The van der Waals surface area contributed by atoms with Gasteiger partial charge in [0.1, 0.15) is 11.6 Å². The van der Waals surface area contributed by atoms with Crippen molar-refractivity contribution in [3.05, 3.63) is 71.2 Å². The van der Waals surface area contributed by atoms with E-state index in [1.165, 1.54) is 31.2 Å². The Morgan fingerprint density at radius 2 is 1.79 bits per heavy atom. The predicted molar refractivity (Wildman–Crippen MR) is 84.8 cm³/mol. The van der Waals surface area contributed by atoms with Crippen LogP contribution in [0, 0.1) is 5.82 Å². The normalized spacial score (nSPS) is 15.2. The summed E-state index contributed by atoms with van der Waals surface area (Å²) in [5, 5.41) is 0. The van der Waals surface area contributed by atoms with Crippen LogP contribution >= 0.6 is 0 Å². The van der Waals surface area contributed by atoms with Crippen molar-refractivity contribution in [3.8, 4) is 5.75 Å².